The molecule has 0 amide bonds. The molecule has 1 N–H and O–H groups in total. The largest absolute Gasteiger partial charge is 0.380 e. The van der Waals surface area contributed by atoms with Crippen molar-refractivity contribution in [1.29, 1.82) is 0 Å². The summed E-state index contributed by atoms with van der Waals surface area (Å²) in [6, 6.07) is 10.3. The first-order valence-electron chi connectivity index (χ1n) is 5.19. The Labute approximate surface area is 95.5 Å². The molecule has 0 saturated carbocycles. The van der Waals surface area contributed by atoms with Crippen molar-refractivity contribution in [3.8, 4) is 0 Å². The molecule has 1 nitrogen and oxygen atoms in total. The number of nitrogens with one attached hydrogen (secondary N) is 1. The lowest BCUT2D eigenvalue weighted by atomic mass is 10.1. The quantitative estimate of drug-likeness (QED) is 0.820. The van der Waals surface area contributed by atoms with Gasteiger partial charge in [-0.3, -0.25) is 0 Å². The highest BCUT2D eigenvalue weighted by atomic mass is 35.5. The maximum Gasteiger partial charge on any atom is 0.0487 e. The van der Waals surface area contributed by atoms with Crippen molar-refractivity contribution in [2.75, 3.05) is 0 Å². The maximum absolute atomic E-state index is 6.11. The van der Waals surface area contributed by atoms with Crippen LogP contribution in [0.25, 0.3) is 0 Å². The minimum Gasteiger partial charge on any atom is -0.380 e. The Morgan fingerprint density at radius 3 is 2.73 bits per heavy atom. The van der Waals surface area contributed by atoms with Crippen LogP contribution in [0.2, 0.25) is 0 Å². The third-order valence-corrected chi connectivity index (χ3v) is 2.83. The fourth-order valence-corrected chi connectivity index (χ4v) is 1.82. The van der Waals surface area contributed by atoms with Crippen molar-refractivity contribution < 1.29 is 0 Å². The van der Waals surface area contributed by atoms with Crippen molar-refractivity contribution in [1.82, 2.24) is 5.32 Å². The van der Waals surface area contributed by atoms with E-state index in [9.17, 15) is 0 Å². The smallest absolute Gasteiger partial charge is 0.0487 e. The van der Waals surface area contributed by atoms with E-state index in [2.05, 4.69) is 29.6 Å². The number of hydrogen-bond acceptors (Lipinski definition) is 1. The minimum absolute atomic E-state index is 0.830. The number of benzene rings is 1. The standard InChI is InChI=1S/C13H14ClN/c14-12-8-4-5-9-13(12)15-10-11-6-2-1-3-7-11/h1-3,5-7,9,15H,4,8,10H2. The average Bonchev–Trinajstić information content (AvgIpc) is 2.29. The Morgan fingerprint density at radius 2 is 2.00 bits per heavy atom. The van der Waals surface area contributed by atoms with E-state index in [0.29, 0.717) is 0 Å². The summed E-state index contributed by atoms with van der Waals surface area (Å²) in [5.74, 6) is 0. The summed E-state index contributed by atoms with van der Waals surface area (Å²) in [5.41, 5.74) is 2.33. The van der Waals surface area contributed by atoms with Crippen LogP contribution in [0.3, 0.4) is 0 Å². The summed E-state index contributed by atoms with van der Waals surface area (Å²) in [6.07, 6.45) is 6.22. The van der Waals surface area contributed by atoms with Crippen LogP contribution in [0.1, 0.15) is 18.4 Å². The molecule has 1 aliphatic rings. The van der Waals surface area contributed by atoms with Gasteiger partial charge in [0, 0.05) is 17.3 Å². The van der Waals surface area contributed by atoms with Crippen LogP contribution in [0, 0.1) is 0 Å². The van der Waals surface area contributed by atoms with Gasteiger partial charge in [0.25, 0.3) is 0 Å². The van der Waals surface area contributed by atoms with Gasteiger partial charge in [-0.25, -0.2) is 0 Å². The molecule has 0 bridgehead atoms. The Kier molecular flexibility index (Phi) is 3.46. The molecule has 0 radical (unpaired) electrons. The molecular formula is C13H14ClN. The van der Waals surface area contributed by atoms with Crippen LogP contribution in [-0.4, -0.2) is 0 Å². The molecule has 78 valence electrons. The van der Waals surface area contributed by atoms with E-state index in [0.717, 1.165) is 30.1 Å². The zero-order valence-corrected chi connectivity index (χ0v) is 9.30. The number of allylic oxidation sites excluding steroid dienone is 3. The molecule has 0 spiro atoms. The molecule has 0 aliphatic heterocycles. The summed E-state index contributed by atoms with van der Waals surface area (Å²) < 4.78 is 0. The second-order valence-electron chi connectivity index (χ2n) is 3.60. The van der Waals surface area contributed by atoms with Gasteiger partial charge in [0.05, 0.1) is 0 Å². The van der Waals surface area contributed by atoms with Gasteiger partial charge in [0.2, 0.25) is 0 Å². The predicted molar refractivity (Wildman–Crippen MR) is 64.5 cm³/mol. The lowest BCUT2D eigenvalue weighted by Crippen LogP contribution is -2.13. The van der Waals surface area contributed by atoms with E-state index in [1.807, 2.05) is 18.2 Å². The zero-order chi connectivity index (χ0) is 10.5. The highest BCUT2D eigenvalue weighted by molar-refractivity contribution is 6.30. The summed E-state index contributed by atoms with van der Waals surface area (Å²) in [7, 11) is 0. The van der Waals surface area contributed by atoms with Crippen LogP contribution in [0.5, 0.6) is 0 Å². The molecule has 0 fully saturated rings. The second-order valence-corrected chi connectivity index (χ2v) is 4.06. The number of halogens is 1. The predicted octanol–water partition coefficient (Wildman–Crippen LogP) is 3.58. The summed E-state index contributed by atoms with van der Waals surface area (Å²) >= 11 is 6.11. The topological polar surface area (TPSA) is 12.0 Å². The highest BCUT2D eigenvalue weighted by Crippen LogP contribution is 2.20. The van der Waals surface area contributed by atoms with Gasteiger partial charge in [-0.2, -0.15) is 0 Å². The maximum atomic E-state index is 6.11. The lowest BCUT2D eigenvalue weighted by Gasteiger charge is -2.13. The van der Waals surface area contributed by atoms with Crippen LogP contribution >= 0.6 is 11.6 Å². The van der Waals surface area contributed by atoms with Gasteiger partial charge < -0.3 is 5.32 Å². The SMILES string of the molecule is ClC1=C(NCc2ccccc2)C=CCC1. The van der Waals surface area contributed by atoms with Crippen molar-refractivity contribution in [2.45, 2.75) is 19.4 Å². The van der Waals surface area contributed by atoms with Crippen LogP contribution in [-0.2, 0) is 6.54 Å². The molecule has 0 unspecified atom stereocenters. The summed E-state index contributed by atoms with van der Waals surface area (Å²) in [6.45, 7) is 0.830. The Bertz CT molecular complexity index is 379. The molecule has 0 saturated heterocycles. The van der Waals surface area contributed by atoms with E-state index >= 15 is 0 Å². The molecular weight excluding hydrogens is 206 g/mol. The normalized spacial score (nSPS) is 15.5. The van der Waals surface area contributed by atoms with Gasteiger partial charge in [-0.05, 0) is 24.5 Å². The number of rotatable bonds is 3. The molecule has 0 aromatic heterocycles. The Morgan fingerprint density at radius 1 is 1.20 bits per heavy atom. The van der Waals surface area contributed by atoms with Crippen LogP contribution in [0.15, 0.2) is 53.2 Å². The van der Waals surface area contributed by atoms with Gasteiger partial charge in [0.15, 0.2) is 0 Å². The highest BCUT2D eigenvalue weighted by Gasteiger charge is 2.04. The van der Waals surface area contributed by atoms with E-state index in [1.54, 1.807) is 0 Å². The Hall–Kier alpha value is -1.21. The van der Waals surface area contributed by atoms with Crippen molar-refractivity contribution in [2.24, 2.45) is 0 Å². The molecule has 15 heavy (non-hydrogen) atoms. The van der Waals surface area contributed by atoms with E-state index in [-0.39, 0.29) is 0 Å². The van der Waals surface area contributed by atoms with Gasteiger partial charge in [-0.15, -0.1) is 0 Å². The molecule has 1 aromatic rings. The third-order valence-electron chi connectivity index (χ3n) is 2.43. The van der Waals surface area contributed by atoms with Crippen LogP contribution in [0.4, 0.5) is 0 Å². The van der Waals surface area contributed by atoms with E-state index < -0.39 is 0 Å². The van der Waals surface area contributed by atoms with Gasteiger partial charge >= 0.3 is 0 Å². The number of hydrogen-bond donors (Lipinski definition) is 1. The third kappa shape index (κ3) is 2.87. The fourth-order valence-electron chi connectivity index (χ4n) is 1.58. The second kappa shape index (κ2) is 5.04. The lowest BCUT2D eigenvalue weighted by molar-refractivity contribution is 0.807. The van der Waals surface area contributed by atoms with Gasteiger partial charge in [-0.1, -0.05) is 48.0 Å². The van der Waals surface area contributed by atoms with Crippen LogP contribution < -0.4 is 5.32 Å². The monoisotopic (exact) mass is 219 g/mol. The molecule has 1 aromatic carbocycles. The van der Waals surface area contributed by atoms with Crippen molar-refractivity contribution in [3.05, 3.63) is 58.8 Å². The first-order valence-corrected chi connectivity index (χ1v) is 5.57. The molecule has 1 aliphatic carbocycles. The zero-order valence-electron chi connectivity index (χ0n) is 8.54. The first-order chi connectivity index (χ1) is 7.36. The van der Waals surface area contributed by atoms with E-state index in [4.69, 9.17) is 11.6 Å². The molecule has 0 heterocycles. The Balaban J connectivity index is 1.96. The van der Waals surface area contributed by atoms with Crippen molar-refractivity contribution >= 4 is 11.6 Å². The summed E-state index contributed by atoms with van der Waals surface area (Å²) in [5, 5.41) is 4.29. The van der Waals surface area contributed by atoms with Crippen molar-refractivity contribution in [3.63, 3.8) is 0 Å². The average molecular weight is 220 g/mol. The van der Waals surface area contributed by atoms with E-state index in [1.165, 1.54) is 5.56 Å². The molecule has 0 atom stereocenters. The minimum atomic E-state index is 0.830. The molecule has 2 heteroatoms. The molecule has 2 rings (SSSR count). The summed E-state index contributed by atoms with van der Waals surface area (Å²) in [4.78, 5) is 0. The fraction of sp³-hybridized carbons (Fsp3) is 0.231. The van der Waals surface area contributed by atoms with Gasteiger partial charge in [0.1, 0.15) is 0 Å². The first kappa shape index (κ1) is 10.3.